The Morgan fingerprint density at radius 3 is 2.24 bits per heavy atom. The van der Waals surface area contributed by atoms with Gasteiger partial charge in [-0.1, -0.05) is 0 Å². The van der Waals surface area contributed by atoms with Gasteiger partial charge in [0.1, 0.15) is 0 Å². The van der Waals surface area contributed by atoms with Crippen molar-refractivity contribution in [2.24, 2.45) is 0 Å². The third-order valence-electron chi connectivity index (χ3n) is 3.23. The molecule has 0 saturated carbocycles. The van der Waals surface area contributed by atoms with Crippen LogP contribution in [0.4, 0.5) is 0 Å². The number of rotatable bonds is 2. The van der Waals surface area contributed by atoms with E-state index in [1.165, 1.54) is 11.3 Å². The molecular weight excluding hydrogens is 257 g/mol. The molecule has 1 aromatic heterocycles. The van der Waals surface area contributed by atoms with Crippen molar-refractivity contribution in [3.8, 4) is 0 Å². The third kappa shape index (κ3) is 2.34. The Labute approximate surface area is 108 Å². The summed E-state index contributed by atoms with van der Waals surface area (Å²) in [6.45, 7) is 8.03. The molecule has 0 bridgehead atoms. The Hall–Kier alpha value is -0.235. The Morgan fingerprint density at radius 2 is 1.82 bits per heavy atom. The van der Waals surface area contributed by atoms with Gasteiger partial charge in [0.05, 0.1) is 26.8 Å². The van der Waals surface area contributed by atoms with Gasteiger partial charge in [-0.25, -0.2) is 4.98 Å². The normalized spacial score (nSPS) is 23.9. The zero-order chi connectivity index (χ0) is 12.8. The van der Waals surface area contributed by atoms with Crippen molar-refractivity contribution in [2.45, 2.75) is 43.2 Å². The second-order valence-corrected chi connectivity index (χ2v) is 7.69. The van der Waals surface area contributed by atoms with E-state index in [0.717, 1.165) is 4.78 Å². The molecule has 1 aromatic rings. The lowest BCUT2D eigenvalue weighted by Gasteiger charge is -2.32. The highest BCUT2D eigenvalue weighted by atomic mass is 32.2. The van der Waals surface area contributed by atoms with E-state index in [0.29, 0.717) is 4.34 Å². The van der Waals surface area contributed by atoms with Crippen LogP contribution in [0.3, 0.4) is 0 Å². The van der Waals surface area contributed by atoms with Gasteiger partial charge in [0, 0.05) is 12.5 Å². The van der Waals surface area contributed by atoms with E-state index in [1.54, 1.807) is 12.5 Å². The molecule has 4 nitrogen and oxygen atoms in total. The Bertz CT molecular complexity index is 442. The molecule has 1 aliphatic heterocycles. The summed E-state index contributed by atoms with van der Waals surface area (Å²) in [5.41, 5.74) is -0.708. The van der Waals surface area contributed by atoms with Crippen molar-refractivity contribution < 1.29 is 13.5 Å². The van der Waals surface area contributed by atoms with Gasteiger partial charge in [-0.3, -0.25) is 4.21 Å². The molecule has 2 rings (SSSR count). The fourth-order valence-corrected chi connectivity index (χ4v) is 3.04. The maximum absolute atomic E-state index is 11.3. The lowest BCUT2D eigenvalue weighted by atomic mass is 9.89. The Balaban J connectivity index is 2.23. The molecule has 0 radical (unpaired) electrons. The molecule has 0 spiro atoms. The van der Waals surface area contributed by atoms with Gasteiger partial charge in [0.25, 0.3) is 0 Å². The third-order valence-corrected chi connectivity index (χ3v) is 5.60. The van der Waals surface area contributed by atoms with E-state index >= 15 is 0 Å². The minimum atomic E-state index is -1.05. The molecule has 1 unspecified atom stereocenters. The smallest absolute Gasteiger partial charge is 0.399 e. The average Bonchev–Trinajstić information content (AvgIpc) is 2.70. The monoisotopic (exact) mass is 273 g/mol. The van der Waals surface area contributed by atoms with Crippen molar-refractivity contribution in [3.63, 3.8) is 0 Å². The molecule has 0 amide bonds. The molecule has 7 heteroatoms. The summed E-state index contributed by atoms with van der Waals surface area (Å²) in [7, 11) is -1.46. The van der Waals surface area contributed by atoms with Gasteiger partial charge in [-0.2, -0.15) is 0 Å². The van der Waals surface area contributed by atoms with E-state index in [9.17, 15) is 4.21 Å². The molecule has 0 aromatic carbocycles. The van der Waals surface area contributed by atoms with Crippen LogP contribution in [0.2, 0.25) is 0 Å². The minimum Gasteiger partial charge on any atom is -0.399 e. The highest BCUT2D eigenvalue weighted by molar-refractivity contribution is 7.86. The van der Waals surface area contributed by atoms with Crippen molar-refractivity contribution in [3.05, 3.63) is 6.20 Å². The highest BCUT2D eigenvalue weighted by Gasteiger charge is 2.52. The molecule has 0 N–H and O–H groups in total. The number of hydrogen-bond donors (Lipinski definition) is 0. The molecule has 2 heterocycles. The van der Waals surface area contributed by atoms with Crippen molar-refractivity contribution in [2.75, 3.05) is 6.26 Å². The number of hydrogen-bond acceptors (Lipinski definition) is 5. The maximum atomic E-state index is 11.3. The van der Waals surface area contributed by atoms with Gasteiger partial charge >= 0.3 is 7.12 Å². The van der Waals surface area contributed by atoms with Crippen LogP contribution in [0.25, 0.3) is 0 Å². The summed E-state index contributed by atoms with van der Waals surface area (Å²) in [6, 6.07) is 0. The fourth-order valence-electron chi connectivity index (χ4n) is 1.47. The lowest BCUT2D eigenvalue weighted by Crippen LogP contribution is -2.41. The summed E-state index contributed by atoms with van der Waals surface area (Å²) < 4.78 is 24.6. The van der Waals surface area contributed by atoms with Crippen molar-refractivity contribution >= 4 is 34.0 Å². The Morgan fingerprint density at radius 1 is 1.29 bits per heavy atom. The number of aromatic nitrogens is 1. The zero-order valence-corrected chi connectivity index (χ0v) is 12.3. The summed E-state index contributed by atoms with van der Waals surface area (Å²) in [6.07, 6.45) is 3.30. The van der Waals surface area contributed by atoms with Gasteiger partial charge < -0.3 is 9.31 Å². The van der Waals surface area contributed by atoms with Crippen LogP contribution in [-0.2, 0) is 20.1 Å². The van der Waals surface area contributed by atoms with Gasteiger partial charge in [-0.15, -0.1) is 11.3 Å². The van der Waals surface area contributed by atoms with Crippen molar-refractivity contribution in [1.82, 2.24) is 4.98 Å². The van der Waals surface area contributed by atoms with Crippen LogP contribution in [0.1, 0.15) is 27.7 Å². The molecule has 17 heavy (non-hydrogen) atoms. The quantitative estimate of drug-likeness (QED) is 0.759. The van der Waals surface area contributed by atoms with E-state index in [-0.39, 0.29) is 11.2 Å². The minimum absolute atomic E-state index is 0.354. The first-order valence-electron chi connectivity index (χ1n) is 5.38. The molecule has 1 fully saturated rings. The molecule has 1 saturated heterocycles. The van der Waals surface area contributed by atoms with Gasteiger partial charge in [0.2, 0.25) is 0 Å². The SMILES string of the molecule is CS(=O)c1ncc(B2OC(C)(C)C(C)(C)O2)s1. The van der Waals surface area contributed by atoms with Crippen LogP contribution in [-0.4, -0.2) is 33.8 Å². The lowest BCUT2D eigenvalue weighted by molar-refractivity contribution is 0.00578. The first-order valence-corrected chi connectivity index (χ1v) is 7.75. The largest absolute Gasteiger partial charge is 0.507 e. The summed E-state index contributed by atoms with van der Waals surface area (Å²) in [4.78, 5) is 4.11. The maximum Gasteiger partial charge on any atom is 0.507 e. The first kappa shape index (κ1) is 13.2. The predicted molar refractivity (Wildman–Crippen MR) is 70.2 cm³/mol. The van der Waals surface area contributed by atoms with Gasteiger partial charge in [-0.05, 0) is 27.7 Å². The van der Waals surface area contributed by atoms with Gasteiger partial charge in [0.15, 0.2) is 4.34 Å². The molecule has 94 valence electrons. The van der Waals surface area contributed by atoms with Crippen molar-refractivity contribution in [1.29, 1.82) is 0 Å². The summed E-state index contributed by atoms with van der Waals surface area (Å²) >= 11 is 1.38. The van der Waals surface area contributed by atoms with Crippen LogP contribution in [0, 0.1) is 0 Å². The van der Waals surface area contributed by atoms with E-state index in [2.05, 4.69) is 4.98 Å². The highest BCUT2D eigenvalue weighted by Crippen LogP contribution is 2.36. The van der Waals surface area contributed by atoms with Crippen LogP contribution in [0.5, 0.6) is 0 Å². The van der Waals surface area contributed by atoms with Crippen LogP contribution < -0.4 is 4.78 Å². The Kier molecular flexibility index (Phi) is 3.23. The molecule has 1 aliphatic rings. The standard InChI is InChI=1S/C10H16BNO3S2/c1-9(2)10(3,4)15-11(14-9)7-6-12-8(16-7)17(5)13/h6H,1-5H3. The van der Waals surface area contributed by atoms with E-state index in [1.807, 2.05) is 27.7 Å². The number of thiazole rings is 1. The molecule has 0 aliphatic carbocycles. The summed E-state index contributed by atoms with van der Waals surface area (Å²) in [5, 5.41) is 0. The van der Waals surface area contributed by atoms with E-state index in [4.69, 9.17) is 9.31 Å². The van der Waals surface area contributed by atoms with Crippen LogP contribution >= 0.6 is 11.3 Å². The number of nitrogens with zero attached hydrogens (tertiary/aromatic N) is 1. The summed E-state index contributed by atoms with van der Waals surface area (Å²) in [5.74, 6) is 0. The zero-order valence-electron chi connectivity index (χ0n) is 10.6. The first-order chi connectivity index (χ1) is 7.73. The fraction of sp³-hybridized carbons (Fsp3) is 0.700. The van der Waals surface area contributed by atoms with Crippen LogP contribution in [0.15, 0.2) is 10.5 Å². The second-order valence-electron chi connectivity index (χ2n) is 5.07. The average molecular weight is 273 g/mol. The van der Waals surface area contributed by atoms with E-state index < -0.39 is 17.9 Å². The molecular formula is C10H16BNO3S2. The molecule has 1 atom stereocenters. The predicted octanol–water partition coefficient (Wildman–Crippen LogP) is 1.18. The topological polar surface area (TPSA) is 48.4 Å². The second kappa shape index (κ2) is 4.15.